The molecule has 0 unspecified atom stereocenters. The number of rotatable bonds is 2. The van der Waals surface area contributed by atoms with Crippen LogP contribution < -0.4 is 5.32 Å². The molecule has 0 aliphatic carbocycles. The zero-order valence-electron chi connectivity index (χ0n) is 10.9. The number of hydrogen-bond donors (Lipinski definition) is 2. The van der Waals surface area contributed by atoms with E-state index in [1.807, 2.05) is 12.1 Å². The second-order valence-corrected chi connectivity index (χ2v) is 4.51. The summed E-state index contributed by atoms with van der Waals surface area (Å²) in [5, 5.41) is 12.5. The van der Waals surface area contributed by atoms with Gasteiger partial charge in [-0.05, 0) is 35.7 Å². The third-order valence-electron chi connectivity index (χ3n) is 3.19. The lowest BCUT2D eigenvalue weighted by atomic mass is 10.1. The fourth-order valence-corrected chi connectivity index (χ4v) is 2.13. The summed E-state index contributed by atoms with van der Waals surface area (Å²) in [5.74, 6) is -1.05. The first kappa shape index (κ1) is 12.9. The van der Waals surface area contributed by atoms with Gasteiger partial charge in [-0.25, -0.2) is 4.39 Å². The number of aromatic nitrogens is 1. The molecule has 0 aliphatic heterocycles. The van der Waals surface area contributed by atoms with Crippen LogP contribution in [0.4, 0.5) is 10.1 Å². The lowest BCUT2D eigenvalue weighted by Gasteiger charge is -2.07. The van der Waals surface area contributed by atoms with Gasteiger partial charge in [0.15, 0.2) is 0 Å². The van der Waals surface area contributed by atoms with E-state index in [-0.39, 0.29) is 11.3 Å². The number of fused-ring (bicyclic) bond motifs is 1. The number of hydrogen-bond acceptors (Lipinski definition) is 2. The van der Waals surface area contributed by atoms with Crippen molar-refractivity contribution in [2.24, 2.45) is 0 Å². The number of carbonyl (C=O) groups is 1. The van der Waals surface area contributed by atoms with Crippen LogP contribution in [0.1, 0.15) is 15.9 Å². The van der Waals surface area contributed by atoms with Gasteiger partial charge < -0.3 is 10.3 Å². The van der Waals surface area contributed by atoms with Gasteiger partial charge in [0, 0.05) is 17.3 Å². The van der Waals surface area contributed by atoms with E-state index in [2.05, 4.69) is 10.3 Å². The minimum absolute atomic E-state index is 0.161. The first-order valence-corrected chi connectivity index (χ1v) is 6.26. The van der Waals surface area contributed by atoms with E-state index in [9.17, 15) is 9.18 Å². The molecule has 0 fully saturated rings. The quantitative estimate of drug-likeness (QED) is 0.754. The lowest BCUT2D eigenvalue weighted by molar-refractivity contribution is 0.102. The molecule has 2 aromatic carbocycles. The Bertz CT molecular complexity index is 877. The Hall–Kier alpha value is -3.13. The maximum absolute atomic E-state index is 13.5. The number of benzene rings is 2. The van der Waals surface area contributed by atoms with Crippen LogP contribution >= 0.6 is 0 Å². The monoisotopic (exact) mass is 279 g/mol. The minimum Gasteiger partial charge on any atom is -0.361 e. The number of anilines is 1. The SMILES string of the molecule is N#Cc1c(F)cccc1NC(=O)c1ccc2cc[nH]c2c1. The van der Waals surface area contributed by atoms with Gasteiger partial charge in [-0.1, -0.05) is 12.1 Å². The lowest BCUT2D eigenvalue weighted by Crippen LogP contribution is -2.13. The Morgan fingerprint density at radius 1 is 1.24 bits per heavy atom. The second-order valence-electron chi connectivity index (χ2n) is 4.51. The summed E-state index contributed by atoms with van der Waals surface area (Å²) in [6, 6.07) is 13.0. The number of aromatic amines is 1. The highest BCUT2D eigenvalue weighted by Gasteiger charge is 2.12. The number of nitrogens with zero attached hydrogens (tertiary/aromatic N) is 1. The smallest absolute Gasteiger partial charge is 0.255 e. The van der Waals surface area contributed by atoms with Crippen LogP contribution in [0.25, 0.3) is 10.9 Å². The number of amides is 1. The molecule has 0 bridgehead atoms. The zero-order valence-corrected chi connectivity index (χ0v) is 10.9. The van der Waals surface area contributed by atoms with E-state index < -0.39 is 11.7 Å². The molecule has 0 spiro atoms. The van der Waals surface area contributed by atoms with E-state index >= 15 is 0 Å². The average Bonchev–Trinajstić information content (AvgIpc) is 2.94. The molecule has 102 valence electrons. The molecule has 0 saturated carbocycles. The van der Waals surface area contributed by atoms with E-state index in [0.717, 1.165) is 10.9 Å². The number of nitrogens with one attached hydrogen (secondary N) is 2. The molecule has 21 heavy (non-hydrogen) atoms. The predicted molar refractivity (Wildman–Crippen MR) is 77.4 cm³/mol. The Labute approximate surface area is 119 Å². The molecule has 0 aliphatic rings. The molecule has 1 amide bonds. The van der Waals surface area contributed by atoms with E-state index in [0.29, 0.717) is 5.56 Å². The predicted octanol–water partition coefficient (Wildman–Crippen LogP) is 3.43. The standard InChI is InChI=1S/C16H10FN3O/c17-13-2-1-3-14(12(13)9-18)20-16(21)11-5-4-10-6-7-19-15(10)8-11/h1-8,19H,(H,20,21). The first-order valence-electron chi connectivity index (χ1n) is 6.26. The Morgan fingerprint density at radius 2 is 2.10 bits per heavy atom. The third kappa shape index (κ3) is 2.35. The largest absolute Gasteiger partial charge is 0.361 e. The van der Waals surface area contributed by atoms with Crippen LogP contribution in [0.3, 0.4) is 0 Å². The first-order chi connectivity index (χ1) is 10.2. The van der Waals surface area contributed by atoms with Crippen molar-refractivity contribution in [3.8, 4) is 6.07 Å². The van der Waals surface area contributed by atoms with Crippen LogP contribution in [0.2, 0.25) is 0 Å². The Kier molecular flexibility index (Phi) is 3.13. The van der Waals surface area contributed by atoms with Gasteiger partial charge in [0.2, 0.25) is 0 Å². The Morgan fingerprint density at radius 3 is 2.90 bits per heavy atom. The topological polar surface area (TPSA) is 68.7 Å². The zero-order chi connectivity index (χ0) is 14.8. The molecule has 0 atom stereocenters. The molecule has 1 heterocycles. The van der Waals surface area contributed by atoms with Gasteiger partial charge in [-0.3, -0.25) is 4.79 Å². The maximum Gasteiger partial charge on any atom is 0.255 e. The van der Waals surface area contributed by atoms with Crippen molar-refractivity contribution >= 4 is 22.5 Å². The van der Waals surface area contributed by atoms with Crippen molar-refractivity contribution in [1.82, 2.24) is 4.98 Å². The summed E-state index contributed by atoms with van der Waals surface area (Å²) in [5.41, 5.74) is 1.25. The van der Waals surface area contributed by atoms with Crippen molar-refractivity contribution < 1.29 is 9.18 Å². The number of H-pyrrole nitrogens is 1. The van der Waals surface area contributed by atoms with Gasteiger partial charge >= 0.3 is 0 Å². The number of carbonyl (C=O) groups excluding carboxylic acids is 1. The summed E-state index contributed by atoms with van der Waals surface area (Å²) in [6.45, 7) is 0. The highest BCUT2D eigenvalue weighted by atomic mass is 19.1. The third-order valence-corrected chi connectivity index (χ3v) is 3.19. The average molecular weight is 279 g/mol. The summed E-state index contributed by atoms with van der Waals surface area (Å²) < 4.78 is 13.5. The number of halogens is 1. The fourth-order valence-electron chi connectivity index (χ4n) is 2.13. The van der Waals surface area contributed by atoms with Crippen LogP contribution in [0, 0.1) is 17.1 Å². The summed E-state index contributed by atoms with van der Waals surface area (Å²) in [7, 11) is 0. The minimum atomic E-state index is -0.657. The molecule has 2 N–H and O–H groups in total. The van der Waals surface area contributed by atoms with Crippen LogP contribution in [-0.2, 0) is 0 Å². The summed E-state index contributed by atoms with van der Waals surface area (Å²) in [6.07, 6.45) is 1.78. The molecule has 5 heteroatoms. The van der Waals surface area contributed by atoms with E-state index in [1.54, 1.807) is 24.4 Å². The molecule has 1 aromatic heterocycles. The van der Waals surface area contributed by atoms with E-state index in [1.165, 1.54) is 18.2 Å². The van der Waals surface area contributed by atoms with Crippen molar-refractivity contribution in [3.05, 3.63) is 65.6 Å². The van der Waals surface area contributed by atoms with Gasteiger partial charge in [-0.2, -0.15) is 5.26 Å². The van der Waals surface area contributed by atoms with Crippen LogP contribution in [0.15, 0.2) is 48.7 Å². The van der Waals surface area contributed by atoms with E-state index in [4.69, 9.17) is 5.26 Å². The van der Waals surface area contributed by atoms with Crippen molar-refractivity contribution in [2.75, 3.05) is 5.32 Å². The van der Waals surface area contributed by atoms with Crippen molar-refractivity contribution in [2.45, 2.75) is 0 Å². The normalized spacial score (nSPS) is 10.3. The number of nitriles is 1. The summed E-state index contributed by atoms with van der Waals surface area (Å²) >= 11 is 0. The van der Waals surface area contributed by atoms with Gasteiger partial charge in [0.1, 0.15) is 17.4 Å². The molecular weight excluding hydrogens is 269 g/mol. The highest BCUT2D eigenvalue weighted by Crippen LogP contribution is 2.20. The van der Waals surface area contributed by atoms with Gasteiger partial charge in [-0.15, -0.1) is 0 Å². The van der Waals surface area contributed by atoms with Gasteiger partial charge in [0.05, 0.1) is 5.69 Å². The van der Waals surface area contributed by atoms with Crippen LogP contribution in [0.5, 0.6) is 0 Å². The van der Waals surface area contributed by atoms with Crippen LogP contribution in [-0.4, -0.2) is 10.9 Å². The van der Waals surface area contributed by atoms with Crippen molar-refractivity contribution in [3.63, 3.8) is 0 Å². The molecule has 0 saturated heterocycles. The molecule has 3 aromatic rings. The molecule has 3 rings (SSSR count). The molecule has 4 nitrogen and oxygen atoms in total. The molecular formula is C16H10FN3O. The van der Waals surface area contributed by atoms with Gasteiger partial charge in [0.25, 0.3) is 5.91 Å². The fraction of sp³-hybridized carbons (Fsp3) is 0. The van der Waals surface area contributed by atoms with Crippen molar-refractivity contribution in [1.29, 1.82) is 5.26 Å². The maximum atomic E-state index is 13.5. The summed E-state index contributed by atoms with van der Waals surface area (Å²) in [4.78, 5) is 15.2. The molecule has 0 radical (unpaired) electrons. The Balaban J connectivity index is 1.93. The second kappa shape index (κ2) is 5.10. The highest BCUT2D eigenvalue weighted by molar-refractivity contribution is 6.06.